The number of amides is 2. The number of aliphatic hydroxyl groups is 1. The summed E-state index contributed by atoms with van der Waals surface area (Å²) in [6.07, 6.45) is 12.3. The molecule has 5 rings (SSSR count). The second kappa shape index (κ2) is 19.7. The summed E-state index contributed by atoms with van der Waals surface area (Å²) in [5.74, 6) is -0.468. The molecule has 0 saturated heterocycles. The molecule has 3 aromatic carbocycles. The molecular formula is C42H52N2O6. The monoisotopic (exact) mass is 680 g/mol. The summed E-state index contributed by atoms with van der Waals surface area (Å²) in [7, 11) is 0. The van der Waals surface area contributed by atoms with E-state index in [0.717, 1.165) is 41.7 Å². The fraction of sp³-hybridized carbons (Fsp3) is 0.452. The Bertz CT molecular complexity index is 1500. The predicted molar refractivity (Wildman–Crippen MR) is 194 cm³/mol. The van der Waals surface area contributed by atoms with Gasteiger partial charge >= 0.3 is 5.97 Å². The Morgan fingerprint density at radius 2 is 1.50 bits per heavy atom. The fourth-order valence-corrected chi connectivity index (χ4v) is 7.00. The van der Waals surface area contributed by atoms with E-state index in [0.29, 0.717) is 38.2 Å². The largest absolute Gasteiger partial charge is 0.489 e. The highest BCUT2D eigenvalue weighted by Gasteiger charge is 2.29. The third-order valence-corrected chi connectivity index (χ3v) is 9.82. The standard InChI is InChI=1S/C42H52N2O6/c45-28-37(25-33-20-22-39(23-21-33)49-29-34-16-8-3-9-17-34)43-40(46)27-35-18-10-11-19-36(24-31-12-4-1-5-13-31)42(48)50-30-38(44-41(35)47)26-32-14-6-2-7-15-32/h1,3-5,8-13,16-17,20-23,32,35-38,45H,2,6-7,14-15,18-19,24-30H2,(H,43,46)(H,44,47)/t35-,36+,37+,38+/m1/s1. The van der Waals surface area contributed by atoms with Crippen molar-refractivity contribution in [3.05, 3.63) is 114 Å². The third kappa shape index (κ3) is 12.2. The van der Waals surface area contributed by atoms with Gasteiger partial charge in [0.05, 0.1) is 30.5 Å². The zero-order valence-corrected chi connectivity index (χ0v) is 29.0. The Balaban J connectivity index is 1.20. The number of esters is 1. The molecule has 8 heteroatoms. The van der Waals surface area contributed by atoms with Gasteiger partial charge in [-0.25, -0.2) is 0 Å². The maximum Gasteiger partial charge on any atom is 0.309 e. The second-order valence-electron chi connectivity index (χ2n) is 13.9. The number of benzene rings is 3. The van der Waals surface area contributed by atoms with E-state index in [4.69, 9.17) is 9.47 Å². The molecule has 2 amide bonds. The lowest BCUT2D eigenvalue weighted by Crippen LogP contribution is -2.45. The van der Waals surface area contributed by atoms with Crippen molar-refractivity contribution >= 4 is 17.8 Å². The molecule has 8 nitrogen and oxygen atoms in total. The fourth-order valence-electron chi connectivity index (χ4n) is 7.00. The van der Waals surface area contributed by atoms with Gasteiger partial charge in [-0.3, -0.25) is 14.4 Å². The summed E-state index contributed by atoms with van der Waals surface area (Å²) in [6.45, 7) is 0.365. The summed E-state index contributed by atoms with van der Waals surface area (Å²) in [5.41, 5.74) is 3.11. The summed E-state index contributed by atoms with van der Waals surface area (Å²) in [4.78, 5) is 40.3. The minimum Gasteiger partial charge on any atom is -0.489 e. The van der Waals surface area contributed by atoms with E-state index in [1.807, 2.05) is 97.1 Å². The van der Waals surface area contributed by atoms with Gasteiger partial charge in [-0.2, -0.15) is 0 Å². The lowest BCUT2D eigenvalue weighted by Gasteiger charge is -2.29. The Morgan fingerprint density at radius 1 is 0.840 bits per heavy atom. The lowest BCUT2D eigenvalue weighted by molar-refractivity contribution is -0.150. The molecule has 3 aromatic rings. The van der Waals surface area contributed by atoms with Crippen LogP contribution in [0.5, 0.6) is 5.75 Å². The van der Waals surface area contributed by atoms with Gasteiger partial charge in [-0.05, 0) is 66.8 Å². The first-order valence-corrected chi connectivity index (χ1v) is 18.3. The number of ether oxygens (including phenoxy) is 2. The van der Waals surface area contributed by atoms with Crippen LogP contribution in [-0.4, -0.2) is 48.2 Å². The van der Waals surface area contributed by atoms with Crippen LogP contribution < -0.4 is 15.4 Å². The Kier molecular flexibility index (Phi) is 14.5. The first-order valence-electron chi connectivity index (χ1n) is 18.3. The molecule has 1 aliphatic carbocycles. The molecule has 0 aromatic heterocycles. The van der Waals surface area contributed by atoms with E-state index in [-0.39, 0.29) is 49.4 Å². The SMILES string of the molecule is O=C(C[C@H]1CC=CC[C@@H](Cc2ccccc2)C(=O)OC[C@H](CC2CCCCC2)NC1=O)N[C@H](CO)Cc1ccc(OCc2ccccc2)cc1. The normalized spacial score (nSPS) is 21.2. The van der Waals surface area contributed by atoms with Crippen LogP contribution in [0.15, 0.2) is 97.1 Å². The maximum atomic E-state index is 13.7. The average molecular weight is 681 g/mol. The number of rotatable bonds is 13. The van der Waals surface area contributed by atoms with Gasteiger partial charge in [0.1, 0.15) is 19.0 Å². The van der Waals surface area contributed by atoms with Crippen LogP contribution in [0.3, 0.4) is 0 Å². The first kappa shape index (κ1) is 36.8. The van der Waals surface area contributed by atoms with Crippen LogP contribution in [0.2, 0.25) is 0 Å². The molecule has 1 saturated carbocycles. The minimum absolute atomic E-state index is 0.0116. The van der Waals surface area contributed by atoms with E-state index < -0.39 is 12.0 Å². The Labute approximate surface area is 296 Å². The summed E-state index contributed by atoms with van der Waals surface area (Å²) in [5, 5.41) is 16.3. The zero-order chi connectivity index (χ0) is 35.0. The molecule has 0 bridgehead atoms. The average Bonchev–Trinajstić information content (AvgIpc) is 3.14. The van der Waals surface area contributed by atoms with Crippen molar-refractivity contribution in [2.75, 3.05) is 13.2 Å². The van der Waals surface area contributed by atoms with E-state index in [9.17, 15) is 19.5 Å². The number of cyclic esters (lactones) is 1. The molecular weight excluding hydrogens is 628 g/mol. The van der Waals surface area contributed by atoms with Gasteiger partial charge in [0.2, 0.25) is 11.8 Å². The number of hydrogen-bond acceptors (Lipinski definition) is 6. The van der Waals surface area contributed by atoms with Gasteiger partial charge < -0.3 is 25.2 Å². The minimum atomic E-state index is -0.594. The number of hydrogen-bond donors (Lipinski definition) is 3. The molecule has 0 unspecified atom stereocenters. The summed E-state index contributed by atoms with van der Waals surface area (Å²) >= 11 is 0. The molecule has 2 aliphatic rings. The number of carbonyl (C=O) groups excluding carboxylic acids is 3. The van der Waals surface area contributed by atoms with Gasteiger partial charge in [-0.15, -0.1) is 0 Å². The second-order valence-corrected chi connectivity index (χ2v) is 13.9. The molecule has 1 fully saturated rings. The quantitative estimate of drug-likeness (QED) is 0.140. The van der Waals surface area contributed by atoms with E-state index in [1.165, 1.54) is 19.3 Å². The van der Waals surface area contributed by atoms with Crippen molar-refractivity contribution in [1.82, 2.24) is 10.6 Å². The number of carbonyl (C=O) groups is 3. The summed E-state index contributed by atoms with van der Waals surface area (Å²) in [6, 6.07) is 26.7. The zero-order valence-electron chi connectivity index (χ0n) is 29.0. The van der Waals surface area contributed by atoms with Crippen LogP contribution in [0, 0.1) is 17.8 Å². The molecule has 0 radical (unpaired) electrons. The number of allylic oxidation sites excluding steroid dienone is 2. The maximum absolute atomic E-state index is 13.7. The smallest absolute Gasteiger partial charge is 0.309 e. The Hall–Kier alpha value is -4.43. The number of aliphatic hydroxyl groups excluding tert-OH is 1. The molecule has 50 heavy (non-hydrogen) atoms. The molecule has 1 aliphatic heterocycles. The highest BCUT2D eigenvalue weighted by Crippen LogP contribution is 2.28. The molecule has 4 atom stereocenters. The van der Waals surface area contributed by atoms with Crippen LogP contribution >= 0.6 is 0 Å². The topological polar surface area (TPSA) is 114 Å². The highest BCUT2D eigenvalue weighted by atomic mass is 16.5. The van der Waals surface area contributed by atoms with Crippen LogP contribution in [0.25, 0.3) is 0 Å². The highest BCUT2D eigenvalue weighted by molar-refractivity contribution is 5.86. The molecule has 1 heterocycles. The van der Waals surface area contributed by atoms with Crippen molar-refractivity contribution < 1.29 is 29.0 Å². The van der Waals surface area contributed by atoms with Crippen molar-refractivity contribution in [3.63, 3.8) is 0 Å². The third-order valence-electron chi connectivity index (χ3n) is 9.82. The van der Waals surface area contributed by atoms with Crippen molar-refractivity contribution in [3.8, 4) is 5.75 Å². The van der Waals surface area contributed by atoms with Gasteiger partial charge in [0.15, 0.2) is 0 Å². The van der Waals surface area contributed by atoms with E-state index in [1.54, 1.807) is 0 Å². The number of nitrogens with one attached hydrogen (secondary N) is 2. The van der Waals surface area contributed by atoms with Gasteiger partial charge in [-0.1, -0.05) is 117 Å². The van der Waals surface area contributed by atoms with Gasteiger partial charge in [0.25, 0.3) is 0 Å². The van der Waals surface area contributed by atoms with Crippen LogP contribution in [-0.2, 0) is 38.6 Å². The van der Waals surface area contributed by atoms with Gasteiger partial charge in [0, 0.05) is 6.42 Å². The predicted octanol–water partition coefficient (Wildman–Crippen LogP) is 6.50. The van der Waals surface area contributed by atoms with Crippen molar-refractivity contribution in [2.45, 2.75) is 89.3 Å². The van der Waals surface area contributed by atoms with Crippen molar-refractivity contribution in [1.29, 1.82) is 0 Å². The van der Waals surface area contributed by atoms with E-state index in [2.05, 4.69) is 10.6 Å². The molecule has 3 N–H and O–H groups in total. The Morgan fingerprint density at radius 3 is 2.18 bits per heavy atom. The van der Waals surface area contributed by atoms with Crippen LogP contribution in [0.1, 0.15) is 74.5 Å². The van der Waals surface area contributed by atoms with Crippen LogP contribution in [0.4, 0.5) is 0 Å². The van der Waals surface area contributed by atoms with Crippen molar-refractivity contribution in [2.24, 2.45) is 17.8 Å². The lowest BCUT2D eigenvalue weighted by atomic mass is 9.84. The molecule has 0 spiro atoms. The molecule has 266 valence electrons. The first-order chi connectivity index (χ1) is 24.4. The summed E-state index contributed by atoms with van der Waals surface area (Å²) < 4.78 is 11.8. The van der Waals surface area contributed by atoms with E-state index >= 15 is 0 Å².